The zero-order valence-electron chi connectivity index (χ0n) is 16.3. The summed E-state index contributed by atoms with van der Waals surface area (Å²) in [6, 6.07) is 6.14. The van der Waals surface area contributed by atoms with Crippen LogP contribution in [0.1, 0.15) is 18.1 Å². The van der Waals surface area contributed by atoms with Gasteiger partial charge in [-0.1, -0.05) is 12.1 Å². The SMILES string of the molecule is CCOC(=O)C1=C(CN2CCN(c3cccc(C)c3C)CC2)NC(=O)NC1. The molecule has 2 aliphatic rings. The minimum absolute atomic E-state index is 0.211. The molecule has 2 heterocycles. The standard InChI is InChI=1S/C20H28N4O3/c1-4-27-19(25)16-12-21-20(26)22-17(16)13-23-8-10-24(11-9-23)18-7-5-6-14(2)15(18)3/h5-7H,4,8-13H2,1-3H3,(H2,21,22,26). The Hall–Kier alpha value is -2.54. The maximum Gasteiger partial charge on any atom is 0.337 e. The van der Waals surface area contributed by atoms with Crippen LogP contribution in [0.25, 0.3) is 0 Å². The number of nitrogens with one attached hydrogen (secondary N) is 2. The average molecular weight is 372 g/mol. The monoisotopic (exact) mass is 372 g/mol. The number of rotatable bonds is 5. The van der Waals surface area contributed by atoms with Gasteiger partial charge in [-0.2, -0.15) is 0 Å². The quantitative estimate of drug-likeness (QED) is 0.768. The van der Waals surface area contributed by atoms with Crippen LogP contribution < -0.4 is 15.5 Å². The topological polar surface area (TPSA) is 73.9 Å². The zero-order chi connectivity index (χ0) is 19.4. The van der Waals surface area contributed by atoms with Crippen LogP contribution in [0.4, 0.5) is 10.5 Å². The van der Waals surface area contributed by atoms with E-state index >= 15 is 0 Å². The molecule has 3 rings (SSSR count). The molecule has 146 valence electrons. The Labute approximate surface area is 160 Å². The van der Waals surface area contributed by atoms with E-state index in [0.717, 1.165) is 26.2 Å². The first-order chi connectivity index (χ1) is 13.0. The summed E-state index contributed by atoms with van der Waals surface area (Å²) in [7, 11) is 0. The Kier molecular flexibility index (Phi) is 6.01. The second kappa shape index (κ2) is 8.43. The third kappa shape index (κ3) is 4.42. The van der Waals surface area contributed by atoms with E-state index in [4.69, 9.17) is 4.74 Å². The Balaban J connectivity index is 1.66. The molecule has 0 spiro atoms. The fraction of sp³-hybridized carbons (Fsp3) is 0.500. The first-order valence-corrected chi connectivity index (χ1v) is 9.47. The molecule has 0 unspecified atom stereocenters. The molecule has 1 aromatic carbocycles. The lowest BCUT2D eigenvalue weighted by Gasteiger charge is -2.38. The minimum atomic E-state index is -0.367. The molecule has 0 radical (unpaired) electrons. The maximum absolute atomic E-state index is 12.2. The van der Waals surface area contributed by atoms with E-state index in [2.05, 4.69) is 52.5 Å². The van der Waals surface area contributed by atoms with E-state index < -0.39 is 0 Å². The van der Waals surface area contributed by atoms with Crippen molar-refractivity contribution >= 4 is 17.7 Å². The van der Waals surface area contributed by atoms with Gasteiger partial charge in [0.2, 0.25) is 0 Å². The number of aryl methyl sites for hydroxylation is 1. The van der Waals surface area contributed by atoms with E-state index in [-0.39, 0.29) is 18.5 Å². The highest BCUT2D eigenvalue weighted by Crippen LogP contribution is 2.24. The molecule has 1 saturated heterocycles. The van der Waals surface area contributed by atoms with Gasteiger partial charge in [0.25, 0.3) is 0 Å². The van der Waals surface area contributed by atoms with Gasteiger partial charge in [-0.25, -0.2) is 9.59 Å². The molecule has 0 atom stereocenters. The van der Waals surface area contributed by atoms with Gasteiger partial charge in [0.1, 0.15) is 0 Å². The van der Waals surface area contributed by atoms with Gasteiger partial charge in [-0.3, -0.25) is 4.90 Å². The number of carbonyl (C=O) groups is 2. The van der Waals surface area contributed by atoms with Crippen LogP contribution in [0.3, 0.4) is 0 Å². The van der Waals surface area contributed by atoms with Crippen molar-refractivity contribution in [2.24, 2.45) is 0 Å². The van der Waals surface area contributed by atoms with Crippen molar-refractivity contribution in [2.75, 3.05) is 50.8 Å². The van der Waals surface area contributed by atoms with Crippen molar-refractivity contribution in [1.29, 1.82) is 0 Å². The molecule has 27 heavy (non-hydrogen) atoms. The number of ether oxygens (including phenoxy) is 1. The molecule has 1 aromatic rings. The van der Waals surface area contributed by atoms with Crippen LogP contribution in [0.5, 0.6) is 0 Å². The van der Waals surface area contributed by atoms with Gasteiger partial charge in [0.15, 0.2) is 0 Å². The number of anilines is 1. The summed E-state index contributed by atoms with van der Waals surface area (Å²) in [6.45, 7) is 10.7. The molecule has 7 nitrogen and oxygen atoms in total. The van der Waals surface area contributed by atoms with Crippen molar-refractivity contribution in [3.05, 3.63) is 40.6 Å². The third-order valence-electron chi connectivity index (χ3n) is 5.25. The first kappa shape index (κ1) is 19.2. The van der Waals surface area contributed by atoms with Gasteiger partial charge in [-0.05, 0) is 38.0 Å². The second-order valence-electron chi connectivity index (χ2n) is 6.97. The van der Waals surface area contributed by atoms with Crippen LogP contribution >= 0.6 is 0 Å². The Morgan fingerprint density at radius 2 is 1.93 bits per heavy atom. The molecule has 0 bridgehead atoms. The number of hydrogen-bond donors (Lipinski definition) is 2. The summed E-state index contributed by atoms with van der Waals surface area (Å²) in [4.78, 5) is 28.5. The Morgan fingerprint density at radius 1 is 1.19 bits per heavy atom. The van der Waals surface area contributed by atoms with E-state index in [1.54, 1.807) is 6.92 Å². The van der Waals surface area contributed by atoms with Gasteiger partial charge >= 0.3 is 12.0 Å². The number of nitrogens with zero attached hydrogens (tertiary/aromatic N) is 2. The summed E-state index contributed by atoms with van der Waals surface area (Å²) in [6.07, 6.45) is 0. The molecule has 0 aromatic heterocycles. The predicted octanol–water partition coefficient (Wildman–Crippen LogP) is 1.56. The number of amides is 2. The van der Waals surface area contributed by atoms with Gasteiger partial charge in [-0.15, -0.1) is 0 Å². The number of hydrogen-bond acceptors (Lipinski definition) is 5. The highest BCUT2D eigenvalue weighted by atomic mass is 16.5. The van der Waals surface area contributed by atoms with Gasteiger partial charge in [0.05, 0.1) is 18.7 Å². The van der Waals surface area contributed by atoms with Crippen LogP contribution in [0.2, 0.25) is 0 Å². The summed E-state index contributed by atoms with van der Waals surface area (Å²) in [5.41, 5.74) is 5.07. The van der Waals surface area contributed by atoms with Crippen molar-refractivity contribution in [1.82, 2.24) is 15.5 Å². The third-order valence-corrected chi connectivity index (χ3v) is 5.25. The lowest BCUT2D eigenvalue weighted by atomic mass is 10.1. The number of piperazine rings is 1. The molecular formula is C20H28N4O3. The molecule has 0 saturated carbocycles. The smallest absolute Gasteiger partial charge is 0.337 e. The fourth-order valence-electron chi connectivity index (χ4n) is 3.53. The predicted molar refractivity (Wildman–Crippen MR) is 105 cm³/mol. The van der Waals surface area contributed by atoms with Crippen molar-refractivity contribution in [3.8, 4) is 0 Å². The van der Waals surface area contributed by atoms with Crippen LogP contribution in [-0.4, -0.2) is 62.8 Å². The Bertz CT molecular complexity index is 752. The molecule has 1 fully saturated rings. The molecule has 2 N–H and O–H groups in total. The molecule has 7 heteroatoms. The van der Waals surface area contributed by atoms with Gasteiger partial charge in [0, 0.05) is 44.1 Å². The van der Waals surface area contributed by atoms with E-state index in [1.807, 2.05) is 0 Å². The zero-order valence-corrected chi connectivity index (χ0v) is 16.3. The van der Waals surface area contributed by atoms with Gasteiger partial charge < -0.3 is 20.3 Å². The number of urea groups is 1. The summed E-state index contributed by atoms with van der Waals surface area (Å²) < 4.78 is 5.12. The number of benzene rings is 1. The maximum atomic E-state index is 12.2. The molecule has 2 amide bonds. The van der Waals surface area contributed by atoms with E-state index in [9.17, 15) is 9.59 Å². The summed E-state index contributed by atoms with van der Waals surface area (Å²) in [5.74, 6) is -0.367. The lowest BCUT2D eigenvalue weighted by Crippen LogP contribution is -2.51. The first-order valence-electron chi connectivity index (χ1n) is 9.47. The highest BCUT2D eigenvalue weighted by molar-refractivity contribution is 5.93. The fourth-order valence-corrected chi connectivity index (χ4v) is 3.53. The van der Waals surface area contributed by atoms with Crippen molar-refractivity contribution in [2.45, 2.75) is 20.8 Å². The van der Waals surface area contributed by atoms with Crippen LogP contribution in [0, 0.1) is 13.8 Å². The number of carbonyl (C=O) groups excluding carboxylic acids is 2. The normalized spacial score (nSPS) is 18.2. The van der Waals surface area contributed by atoms with Crippen molar-refractivity contribution < 1.29 is 14.3 Å². The van der Waals surface area contributed by atoms with Crippen LogP contribution in [0.15, 0.2) is 29.5 Å². The largest absolute Gasteiger partial charge is 0.463 e. The van der Waals surface area contributed by atoms with E-state index in [1.165, 1.54) is 16.8 Å². The molecule has 2 aliphatic heterocycles. The highest BCUT2D eigenvalue weighted by Gasteiger charge is 2.26. The second-order valence-corrected chi connectivity index (χ2v) is 6.97. The molecular weight excluding hydrogens is 344 g/mol. The Morgan fingerprint density at radius 3 is 2.63 bits per heavy atom. The summed E-state index contributed by atoms with van der Waals surface area (Å²) >= 11 is 0. The summed E-state index contributed by atoms with van der Waals surface area (Å²) in [5, 5.41) is 5.43. The number of esters is 1. The lowest BCUT2D eigenvalue weighted by molar-refractivity contribution is -0.138. The minimum Gasteiger partial charge on any atom is -0.463 e. The van der Waals surface area contributed by atoms with E-state index in [0.29, 0.717) is 24.4 Å². The van der Waals surface area contributed by atoms with Crippen molar-refractivity contribution in [3.63, 3.8) is 0 Å². The van der Waals surface area contributed by atoms with Crippen LogP contribution in [-0.2, 0) is 9.53 Å². The average Bonchev–Trinajstić information content (AvgIpc) is 2.65. The molecule has 0 aliphatic carbocycles.